The maximum Gasteiger partial charge on any atom is 0.242 e. The van der Waals surface area contributed by atoms with Crippen LogP contribution in [0.3, 0.4) is 0 Å². The van der Waals surface area contributed by atoms with Gasteiger partial charge in [-0.05, 0) is 27.1 Å². The first-order chi connectivity index (χ1) is 8.33. The van der Waals surface area contributed by atoms with Gasteiger partial charge in [0.15, 0.2) is 0 Å². The van der Waals surface area contributed by atoms with Crippen LogP contribution in [0, 0.1) is 0 Å². The Balaban J connectivity index is 1.72. The molecule has 0 radical (unpaired) electrons. The minimum atomic E-state index is 0.684. The number of tetrazole rings is 1. The predicted molar refractivity (Wildman–Crippen MR) is 63.1 cm³/mol. The zero-order chi connectivity index (χ0) is 11.7. The summed E-state index contributed by atoms with van der Waals surface area (Å²) in [5.41, 5.74) is 4.03. The van der Waals surface area contributed by atoms with Gasteiger partial charge >= 0.3 is 0 Å². The van der Waals surface area contributed by atoms with Gasteiger partial charge in [-0.1, -0.05) is 23.3 Å². The highest BCUT2D eigenvalue weighted by molar-refractivity contribution is 5.36. The standard InChI is InChI=1S/C11H14N6/c1-17-11(14-15-16-17)13-5-8-2-3-9-6-12-7-10(9)4-8/h2-4,12H,5-7H2,1H3,(H,13,14,16). The van der Waals surface area contributed by atoms with Gasteiger partial charge in [0, 0.05) is 26.7 Å². The van der Waals surface area contributed by atoms with Crippen molar-refractivity contribution in [2.45, 2.75) is 19.6 Å². The molecule has 3 rings (SSSR count). The minimum absolute atomic E-state index is 0.684. The summed E-state index contributed by atoms with van der Waals surface area (Å²) >= 11 is 0. The summed E-state index contributed by atoms with van der Waals surface area (Å²) in [6.45, 7) is 2.69. The van der Waals surface area contributed by atoms with Gasteiger partial charge in [0.2, 0.25) is 5.95 Å². The molecule has 6 heteroatoms. The van der Waals surface area contributed by atoms with Crippen molar-refractivity contribution in [3.05, 3.63) is 34.9 Å². The van der Waals surface area contributed by atoms with Crippen LogP contribution >= 0.6 is 0 Å². The number of nitrogens with zero attached hydrogens (tertiary/aromatic N) is 4. The molecular formula is C11H14N6. The highest BCUT2D eigenvalue weighted by atomic mass is 15.6. The van der Waals surface area contributed by atoms with Gasteiger partial charge in [-0.2, -0.15) is 0 Å². The fourth-order valence-electron chi connectivity index (χ4n) is 2.02. The molecule has 2 aromatic rings. The van der Waals surface area contributed by atoms with Gasteiger partial charge in [-0.3, -0.25) is 0 Å². The Morgan fingerprint density at radius 3 is 3.06 bits per heavy atom. The van der Waals surface area contributed by atoms with Crippen LogP contribution in [0.1, 0.15) is 16.7 Å². The monoisotopic (exact) mass is 230 g/mol. The van der Waals surface area contributed by atoms with E-state index in [2.05, 4.69) is 44.4 Å². The van der Waals surface area contributed by atoms with E-state index in [-0.39, 0.29) is 0 Å². The first-order valence-corrected chi connectivity index (χ1v) is 5.60. The van der Waals surface area contributed by atoms with Crippen LogP contribution in [0.4, 0.5) is 5.95 Å². The van der Waals surface area contributed by atoms with Crippen molar-refractivity contribution in [1.29, 1.82) is 0 Å². The quantitative estimate of drug-likeness (QED) is 0.800. The summed E-state index contributed by atoms with van der Waals surface area (Å²) < 4.78 is 1.62. The normalized spacial score (nSPS) is 13.7. The number of nitrogens with one attached hydrogen (secondary N) is 2. The van der Waals surface area contributed by atoms with E-state index in [0.29, 0.717) is 5.95 Å². The molecular weight excluding hydrogens is 216 g/mol. The van der Waals surface area contributed by atoms with Crippen LogP contribution in [0.15, 0.2) is 18.2 Å². The van der Waals surface area contributed by atoms with Crippen LogP contribution in [-0.2, 0) is 26.7 Å². The lowest BCUT2D eigenvalue weighted by Crippen LogP contribution is -2.06. The van der Waals surface area contributed by atoms with Gasteiger partial charge < -0.3 is 10.6 Å². The Labute approximate surface area is 99.0 Å². The lowest BCUT2D eigenvalue weighted by molar-refractivity contribution is 0.712. The highest BCUT2D eigenvalue weighted by Gasteiger charge is 2.10. The Kier molecular flexibility index (Phi) is 2.49. The smallest absolute Gasteiger partial charge is 0.242 e. The van der Waals surface area contributed by atoms with Crippen molar-refractivity contribution < 1.29 is 0 Å². The number of rotatable bonds is 3. The fraction of sp³-hybridized carbons (Fsp3) is 0.364. The Morgan fingerprint density at radius 2 is 2.24 bits per heavy atom. The third kappa shape index (κ3) is 1.99. The molecule has 0 unspecified atom stereocenters. The van der Waals surface area contributed by atoms with Crippen LogP contribution in [0.5, 0.6) is 0 Å². The molecule has 1 aliphatic rings. The van der Waals surface area contributed by atoms with Crippen LogP contribution in [-0.4, -0.2) is 20.2 Å². The molecule has 0 aliphatic carbocycles. The largest absolute Gasteiger partial charge is 0.349 e. The van der Waals surface area contributed by atoms with E-state index in [9.17, 15) is 0 Å². The third-order valence-corrected chi connectivity index (χ3v) is 2.97. The van der Waals surface area contributed by atoms with Crippen LogP contribution < -0.4 is 10.6 Å². The minimum Gasteiger partial charge on any atom is -0.349 e. The molecule has 0 bridgehead atoms. The summed E-state index contributed by atoms with van der Waals surface area (Å²) in [7, 11) is 1.81. The molecule has 0 spiro atoms. The Hall–Kier alpha value is -1.95. The van der Waals surface area contributed by atoms with Gasteiger partial charge in [0.05, 0.1) is 0 Å². The number of benzene rings is 1. The van der Waals surface area contributed by atoms with Gasteiger partial charge in [0.1, 0.15) is 0 Å². The van der Waals surface area contributed by atoms with Crippen molar-refractivity contribution in [2.75, 3.05) is 5.32 Å². The fourth-order valence-corrected chi connectivity index (χ4v) is 2.02. The highest BCUT2D eigenvalue weighted by Crippen LogP contribution is 2.17. The molecule has 88 valence electrons. The van der Waals surface area contributed by atoms with Gasteiger partial charge in [-0.15, -0.1) is 0 Å². The maximum absolute atomic E-state index is 3.88. The zero-order valence-electron chi connectivity index (χ0n) is 9.64. The van der Waals surface area contributed by atoms with Crippen LogP contribution in [0.25, 0.3) is 0 Å². The molecule has 1 aromatic heterocycles. The molecule has 1 aromatic carbocycles. The predicted octanol–water partition coefficient (Wildman–Crippen LogP) is 0.425. The molecule has 0 fully saturated rings. The summed E-state index contributed by atoms with van der Waals surface area (Å²) in [6, 6.07) is 6.55. The van der Waals surface area contributed by atoms with E-state index in [1.165, 1.54) is 16.7 Å². The SMILES string of the molecule is Cn1nnnc1NCc1ccc2c(c1)CNC2. The topological polar surface area (TPSA) is 67.7 Å². The first-order valence-electron chi connectivity index (χ1n) is 5.60. The average Bonchev–Trinajstić information content (AvgIpc) is 2.94. The van der Waals surface area contributed by atoms with Gasteiger partial charge in [0.25, 0.3) is 0 Å². The van der Waals surface area contributed by atoms with E-state index < -0.39 is 0 Å². The Bertz CT molecular complexity index is 533. The van der Waals surface area contributed by atoms with Gasteiger partial charge in [-0.25, -0.2) is 4.68 Å². The molecule has 1 aliphatic heterocycles. The zero-order valence-corrected chi connectivity index (χ0v) is 9.64. The number of aromatic nitrogens is 4. The Morgan fingerprint density at radius 1 is 1.35 bits per heavy atom. The summed E-state index contributed by atoms with van der Waals surface area (Å²) in [5, 5.41) is 17.8. The molecule has 0 saturated heterocycles. The van der Waals surface area contributed by atoms with Crippen molar-refractivity contribution in [2.24, 2.45) is 7.05 Å². The number of fused-ring (bicyclic) bond motifs is 1. The molecule has 0 atom stereocenters. The number of aryl methyl sites for hydroxylation is 1. The number of hydrogen-bond acceptors (Lipinski definition) is 5. The van der Waals surface area contributed by atoms with E-state index in [0.717, 1.165) is 19.6 Å². The molecule has 0 amide bonds. The number of anilines is 1. The second-order valence-electron chi connectivity index (χ2n) is 4.19. The third-order valence-electron chi connectivity index (χ3n) is 2.97. The molecule has 2 N–H and O–H groups in total. The van der Waals surface area contributed by atoms with Crippen molar-refractivity contribution in [1.82, 2.24) is 25.5 Å². The maximum atomic E-state index is 3.88. The van der Waals surface area contributed by atoms with Crippen molar-refractivity contribution >= 4 is 5.95 Å². The average molecular weight is 230 g/mol. The first kappa shape index (κ1) is 10.2. The summed E-state index contributed by atoms with van der Waals surface area (Å²) in [4.78, 5) is 0. The van der Waals surface area contributed by atoms with E-state index >= 15 is 0 Å². The number of hydrogen-bond donors (Lipinski definition) is 2. The molecule has 0 saturated carbocycles. The van der Waals surface area contributed by atoms with E-state index in [1.54, 1.807) is 4.68 Å². The second kappa shape index (κ2) is 4.14. The van der Waals surface area contributed by atoms with Crippen molar-refractivity contribution in [3.8, 4) is 0 Å². The molecule has 2 heterocycles. The molecule has 6 nitrogen and oxygen atoms in total. The second-order valence-corrected chi connectivity index (χ2v) is 4.19. The van der Waals surface area contributed by atoms with E-state index in [4.69, 9.17) is 0 Å². The molecule has 17 heavy (non-hydrogen) atoms. The lowest BCUT2D eigenvalue weighted by atomic mass is 10.1. The van der Waals surface area contributed by atoms with Crippen LogP contribution in [0.2, 0.25) is 0 Å². The summed E-state index contributed by atoms with van der Waals surface area (Å²) in [6.07, 6.45) is 0. The van der Waals surface area contributed by atoms with E-state index in [1.807, 2.05) is 7.05 Å². The summed E-state index contributed by atoms with van der Waals surface area (Å²) in [5.74, 6) is 0.684. The lowest BCUT2D eigenvalue weighted by Gasteiger charge is -2.06. The van der Waals surface area contributed by atoms with Crippen molar-refractivity contribution in [3.63, 3.8) is 0 Å².